The van der Waals surface area contributed by atoms with Gasteiger partial charge in [0.05, 0.1) is 0 Å². The first-order chi connectivity index (χ1) is 3.83. The van der Waals surface area contributed by atoms with E-state index in [2.05, 4.69) is 22.4 Å². The van der Waals surface area contributed by atoms with Crippen LogP contribution in [0.1, 0.15) is 0 Å². The molecule has 0 bridgehead atoms. The van der Waals surface area contributed by atoms with Crippen molar-refractivity contribution in [2.24, 2.45) is 0 Å². The van der Waals surface area contributed by atoms with Gasteiger partial charge in [-0.3, -0.25) is 10.3 Å². The zero-order chi connectivity index (χ0) is 5.98. The molecule has 0 aliphatic heterocycles. The topological polar surface area (TPSA) is 60.9 Å². The van der Waals surface area contributed by atoms with Crippen molar-refractivity contribution in [3.63, 3.8) is 0 Å². The van der Waals surface area contributed by atoms with Gasteiger partial charge in [-0.05, 0) is 12.2 Å². The molecule has 1 aromatic rings. The van der Waals surface area contributed by atoms with Crippen LogP contribution in [0.5, 0.6) is 0 Å². The predicted octanol–water partition coefficient (Wildman–Crippen LogP) is 1.00. The number of rotatable bonds is 1. The number of nitrogens with one attached hydrogen (secondary N) is 2. The van der Waals surface area contributed by atoms with E-state index in [0.717, 1.165) is 0 Å². The van der Waals surface area contributed by atoms with Crippen molar-refractivity contribution in [3.8, 4) is 0 Å². The normalized spacial score (nSPS) is 9.12. The van der Waals surface area contributed by atoms with Crippen LogP contribution in [-0.2, 0) is 0 Å². The lowest BCUT2D eigenvalue weighted by molar-refractivity contribution is 0.387. The van der Waals surface area contributed by atoms with Crippen LogP contribution in [-0.4, -0.2) is 15.4 Å². The minimum Gasteiger partial charge on any atom is -0.289 e. The van der Waals surface area contributed by atoms with Crippen molar-refractivity contribution in [3.05, 3.63) is 3.95 Å². The van der Waals surface area contributed by atoms with E-state index in [-0.39, 0.29) is 0 Å². The van der Waals surface area contributed by atoms with Gasteiger partial charge in [0.2, 0.25) is 5.13 Å². The Hall–Kier alpha value is -0.460. The molecule has 44 valence electrons. The van der Waals surface area contributed by atoms with Gasteiger partial charge in [0, 0.05) is 0 Å². The summed E-state index contributed by atoms with van der Waals surface area (Å²) in [5.41, 5.74) is 1.86. The molecular weight excluding hydrogens is 146 g/mol. The molecule has 0 fully saturated rings. The lowest BCUT2D eigenvalue weighted by Gasteiger charge is -1.81. The second kappa shape index (κ2) is 2.21. The number of H-pyrrole nitrogens is 1. The molecule has 0 atom stereocenters. The highest BCUT2D eigenvalue weighted by molar-refractivity contribution is 7.73. The highest BCUT2D eigenvalue weighted by Gasteiger charge is 1.89. The third kappa shape index (κ3) is 1.03. The third-order valence-corrected chi connectivity index (χ3v) is 1.53. The first-order valence-electron chi connectivity index (χ1n) is 1.78. The fourth-order valence-corrected chi connectivity index (χ4v) is 0.964. The van der Waals surface area contributed by atoms with Gasteiger partial charge in [0.1, 0.15) is 0 Å². The Morgan fingerprint density at radius 3 is 2.88 bits per heavy atom. The van der Waals surface area contributed by atoms with Gasteiger partial charge < -0.3 is 0 Å². The molecule has 3 N–H and O–H groups in total. The number of aromatic amines is 1. The quantitative estimate of drug-likeness (QED) is 0.412. The largest absolute Gasteiger partial charge is 0.289 e. The fourth-order valence-electron chi connectivity index (χ4n) is 0.278. The summed E-state index contributed by atoms with van der Waals surface area (Å²) < 4.78 is 0.543. The summed E-state index contributed by atoms with van der Waals surface area (Å²) in [6.07, 6.45) is 0. The van der Waals surface area contributed by atoms with E-state index in [0.29, 0.717) is 9.09 Å². The van der Waals surface area contributed by atoms with Gasteiger partial charge in [-0.1, -0.05) is 11.3 Å². The van der Waals surface area contributed by atoms with Crippen LogP contribution in [0.25, 0.3) is 0 Å². The molecule has 6 heteroatoms. The molecule has 1 aromatic heterocycles. The first-order valence-corrected chi connectivity index (χ1v) is 3.01. The average molecular weight is 149 g/mol. The van der Waals surface area contributed by atoms with Crippen LogP contribution >= 0.6 is 23.6 Å². The summed E-state index contributed by atoms with van der Waals surface area (Å²) in [6.45, 7) is 0. The Kier molecular flexibility index (Phi) is 1.56. The van der Waals surface area contributed by atoms with Crippen LogP contribution < -0.4 is 5.48 Å². The number of anilines is 1. The molecule has 0 saturated carbocycles. The number of aromatic nitrogens is 2. The van der Waals surface area contributed by atoms with Gasteiger partial charge in [-0.25, -0.2) is 5.48 Å². The van der Waals surface area contributed by atoms with Crippen LogP contribution in [0.3, 0.4) is 0 Å². The lowest BCUT2D eigenvalue weighted by Crippen LogP contribution is -1.85. The standard InChI is InChI=1S/C2H3N3OS2/c6-5-1-3-4-2(7)8-1/h6H,(H,3,5)(H,4,7). The van der Waals surface area contributed by atoms with E-state index in [4.69, 9.17) is 5.21 Å². The molecular formula is C2H3N3OS2. The Bertz CT molecular complexity index is 215. The minimum atomic E-state index is 0.384. The molecule has 4 nitrogen and oxygen atoms in total. The molecule has 0 aromatic carbocycles. The van der Waals surface area contributed by atoms with Crippen LogP contribution in [0.4, 0.5) is 5.13 Å². The SMILES string of the molecule is ONc1n[nH]c(=S)s1. The Balaban J connectivity index is 3.01. The van der Waals surface area contributed by atoms with Gasteiger partial charge >= 0.3 is 0 Å². The molecule has 0 amide bonds. The second-order valence-corrected chi connectivity index (χ2v) is 2.70. The number of nitrogens with zero attached hydrogens (tertiary/aromatic N) is 1. The maximum Gasteiger partial charge on any atom is 0.227 e. The van der Waals surface area contributed by atoms with Crippen molar-refractivity contribution in [2.75, 3.05) is 5.48 Å². The minimum absolute atomic E-state index is 0.384. The van der Waals surface area contributed by atoms with Crippen molar-refractivity contribution < 1.29 is 5.21 Å². The summed E-state index contributed by atoms with van der Waals surface area (Å²) >= 11 is 5.82. The summed E-state index contributed by atoms with van der Waals surface area (Å²) in [6, 6.07) is 0. The lowest BCUT2D eigenvalue weighted by atomic mass is 11.3. The molecule has 0 aliphatic rings. The maximum atomic E-state index is 8.18. The fraction of sp³-hybridized carbons (Fsp3) is 0. The third-order valence-electron chi connectivity index (χ3n) is 0.534. The van der Waals surface area contributed by atoms with Crippen LogP contribution in [0.2, 0.25) is 0 Å². The van der Waals surface area contributed by atoms with Crippen molar-refractivity contribution in [2.45, 2.75) is 0 Å². The molecule has 1 rings (SSSR count). The van der Waals surface area contributed by atoms with E-state index < -0.39 is 0 Å². The molecule has 0 spiro atoms. The molecule has 0 saturated heterocycles. The summed E-state index contributed by atoms with van der Waals surface area (Å²) in [4.78, 5) is 0. The smallest absolute Gasteiger partial charge is 0.227 e. The van der Waals surface area contributed by atoms with E-state index in [1.807, 2.05) is 5.48 Å². The first kappa shape index (κ1) is 5.67. The van der Waals surface area contributed by atoms with Gasteiger partial charge in [0.15, 0.2) is 3.95 Å². The second-order valence-electron chi connectivity index (χ2n) is 1.03. The van der Waals surface area contributed by atoms with E-state index in [9.17, 15) is 0 Å². The Morgan fingerprint density at radius 2 is 2.62 bits per heavy atom. The van der Waals surface area contributed by atoms with Crippen molar-refractivity contribution >= 4 is 28.7 Å². The monoisotopic (exact) mass is 149 g/mol. The van der Waals surface area contributed by atoms with Gasteiger partial charge in [-0.2, -0.15) is 0 Å². The Morgan fingerprint density at radius 1 is 1.88 bits per heavy atom. The Labute approximate surface area is 54.1 Å². The number of hydrogen-bond acceptors (Lipinski definition) is 5. The zero-order valence-electron chi connectivity index (χ0n) is 3.71. The molecule has 0 radical (unpaired) electrons. The zero-order valence-corrected chi connectivity index (χ0v) is 5.34. The molecule has 0 unspecified atom stereocenters. The van der Waals surface area contributed by atoms with E-state index in [1.165, 1.54) is 11.3 Å². The van der Waals surface area contributed by atoms with Crippen molar-refractivity contribution in [1.82, 2.24) is 10.2 Å². The highest BCUT2D eigenvalue weighted by Crippen LogP contribution is 2.08. The van der Waals surface area contributed by atoms with Gasteiger partial charge in [-0.15, -0.1) is 5.10 Å². The maximum absolute atomic E-state index is 8.18. The highest BCUT2D eigenvalue weighted by atomic mass is 32.1. The van der Waals surface area contributed by atoms with Gasteiger partial charge in [0.25, 0.3) is 0 Å². The summed E-state index contributed by atoms with van der Waals surface area (Å²) in [5, 5.41) is 14.6. The summed E-state index contributed by atoms with van der Waals surface area (Å²) in [5.74, 6) is 0. The van der Waals surface area contributed by atoms with Crippen LogP contribution in [0, 0.1) is 3.95 Å². The summed E-state index contributed by atoms with van der Waals surface area (Å²) in [7, 11) is 0. The molecule has 8 heavy (non-hydrogen) atoms. The predicted molar refractivity (Wildman–Crippen MR) is 32.7 cm³/mol. The van der Waals surface area contributed by atoms with E-state index in [1.54, 1.807) is 0 Å². The van der Waals surface area contributed by atoms with Crippen molar-refractivity contribution in [1.29, 1.82) is 0 Å². The number of hydrogen-bond donors (Lipinski definition) is 3. The molecule has 0 aliphatic carbocycles. The van der Waals surface area contributed by atoms with Crippen LogP contribution in [0.15, 0.2) is 0 Å². The van der Waals surface area contributed by atoms with E-state index >= 15 is 0 Å². The molecule has 1 heterocycles. The average Bonchev–Trinajstić information content (AvgIpc) is 2.14.